The fourth-order valence-electron chi connectivity index (χ4n) is 2.48. The van der Waals surface area contributed by atoms with Crippen molar-refractivity contribution in [3.8, 4) is 0 Å². The zero-order chi connectivity index (χ0) is 19.1. The minimum Gasteiger partial charge on any atom is -0.348 e. The van der Waals surface area contributed by atoms with E-state index in [1.807, 2.05) is 48.5 Å². The molecule has 0 fully saturated rings. The average Bonchev–Trinajstić information content (AvgIpc) is 2.69. The van der Waals surface area contributed by atoms with Gasteiger partial charge in [-0.1, -0.05) is 40.2 Å². The Labute approximate surface area is 166 Å². The van der Waals surface area contributed by atoms with Crippen molar-refractivity contribution in [2.24, 2.45) is 0 Å². The van der Waals surface area contributed by atoms with E-state index in [-0.39, 0.29) is 11.8 Å². The summed E-state index contributed by atoms with van der Waals surface area (Å²) < 4.78 is 0.984. The number of hydrogen-bond donors (Lipinski definition) is 2. The fraction of sp³-hybridized carbons (Fsp3) is 0.0952. The number of nitrogens with one attached hydrogen (secondary N) is 2. The molecule has 1 heterocycles. The van der Waals surface area contributed by atoms with Crippen LogP contribution in [0, 0.1) is 0 Å². The number of halogens is 1. The van der Waals surface area contributed by atoms with Gasteiger partial charge in [0, 0.05) is 29.1 Å². The van der Waals surface area contributed by atoms with Crippen molar-refractivity contribution in [3.63, 3.8) is 0 Å². The van der Waals surface area contributed by atoms with Crippen LogP contribution in [0.2, 0.25) is 0 Å². The molecule has 0 bridgehead atoms. The van der Waals surface area contributed by atoms with Gasteiger partial charge in [-0.2, -0.15) is 0 Å². The molecule has 0 aliphatic carbocycles. The van der Waals surface area contributed by atoms with Gasteiger partial charge in [-0.3, -0.25) is 14.6 Å². The predicted octanol–water partition coefficient (Wildman–Crippen LogP) is 3.96. The molecule has 3 rings (SSSR count). The molecular weight excluding hydrogens is 406 g/mol. The lowest BCUT2D eigenvalue weighted by atomic mass is 10.1. The summed E-state index contributed by atoms with van der Waals surface area (Å²) in [5, 5.41) is 5.72. The van der Waals surface area contributed by atoms with Crippen LogP contribution in [-0.2, 0) is 17.8 Å². The number of anilines is 1. The number of amides is 2. The van der Waals surface area contributed by atoms with E-state index >= 15 is 0 Å². The standard InChI is InChI=1S/C21H18BrN3O2/c22-18-7-3-15(4-8-18)12-20(26)25-19-9-5-16(6-10-19)13-24-21(27)17-2-1-11-23-14-17/h1-11,14H,12-13H2,(H,24,27)(H,25,26). The van der Waals surface area contributed by atoms with Crippen molar-refractivity contribution < 1.29 is 9.59 Å². The first-order valence-corrected chi connectivity index (χ1v) is 9.21. The third-order valence-corrected chi connectivity index (χ3v) is 4.42. The Hall–Kier alpha value is -2.99. The molecule has 6 heteroatoms. The minimum absolute atomic E-state index is 0.0741. The number of nitrogens with zero attached hydrogens (tertiary/aromatic N) is 1. The second-order valence-corrected chi connectivity index (χ2v) is 6.89. The molecule has 2 aromatic carbocycles. The SMILES string of the molecule is O=C(Cc1ccc(Br)cc1)Nc1ccc(CNC(=O)c2cccnc2)cc1. The van der Waals surface area contributed by atoms with Gasteiger partial charge >= 0.3 is 0 Å². The largest absolute Gasteiger partial charge is 0.348 e. The lowest BCUT2D eigenvalue weighted by Gasteiger charge is -2.08. The molecule has 0 atom stereocenters. The van der Waals surface area contributed by atoms with E-state index in [0.717, 1.165) is 21.3 Å². The summed E-state index contributed by atoms with van der Waals surface area (Å²) in [6.45, 7) is 0.404. The van der Waals surface area contributed by atoms with E-state index in [0.29, 0.717) is 18.5 Å². The summed E-state index contributed by atoms with van der Waals surface area (Å²) in [7, 11) is 0. The molecule has 0 saturated carbocycles. The Kier molecular flexibility index (Phi) is 6.33. The Morgan fingerprint density at radius 2 is 1.63 bits per heavy atom. The van der Waals surface area contributed by atoms with Crippen molar-refractivity contribution in [2.75, 3.05) is 5.32 Å². The summed E-state index contributed by atoms with van der Waals surface area (Å²) in [5.74, 6) is -0.245. The number of rotatable bonds is 6. The van der Waals surface area contributed by atoms with Crippen LogP contribution in [0.25, 0.3) is 0 Å². The molecule has 27 heavy (non-hydrogen) atoms. The molecule has 2 N–H and O–H groups in total. The molecule has 0 aliphatic rings. The second kappa shape index (κ2) is 9.09. The van der Waals surface area contributed by atoms with Gasteiger partial charge in [-0.05, 0) is 47.5 Å². The average molecular weight is 424 g/mol. The van der Waals surface area contributed by atoms with E-state index in [1.165, 1.54) is 6.20 Å². The van der Waals surface area contributed by atoms with Gasteiger partial charge in [0.05, 0.1) is 12.0 Å². The van der Waals surface area contributed by atoms with Gasteiger partial charge in [-0.15, -0.1) is 0 Å². The predicted molar refractivity (Wildman–Crippen MR) is 108 cm³/mol. The van der Waals surface area contributed by atoms with E-state index in [2.05, 4.69) is 31.5 Å². The molecule has 5 nitrogen and oxygen atoms in total. The highest BCUT2D eigenvalue weighted by atomic mass is 79.9. The minimum atomic E-state index is -0.171. The topological polar surface area (TPSA) is 71.1 Å². The summed E-state index contributed by atoms with van der Waals surface area (Å²) in [4.78, 5) is 28.1. The van der Waals surface area contributed by atoms with Crippen molar-refractivity contribution in [1.82, 2.24) is 10.3 Å². The first-order chi connectivity index (χ1) is 13.1. The lowest BCUT2D eigenvalue weighted by molar-refractivity contribution is -0.115. The molecule has 0 saturated heterocycles. The van der Waals surface area contributed by atoms with E-state index in [9.17, 15) is 9.59 Å². The molecule has 0 radical (unpaired) electrons. The van der Waals surface area contributed by atoms with Crippen molar-refractivity contribution in [1.29, 1.82) is 0 Å². The van der Waals surface area contributed by atoms with Crippen LogP contribution in [-0.4, -0.2) is 16.8 Å². The molecule has 1 aromatic heterocycles. The Morgan fingerprint density at radius 1 is 0.926 bits per heavy atom. The van der Waals surface area contributed by atoms with E-state index in [1.54, 1.807) is 18.3 Å². The van der Waals surface area contributed by atoms with Gasteiger partial charge in [-0.25, -0.2) is 0 Å². The lowest BCUT2D eigenvalue weighted by Crippen LogP contribution is -2.22. The maximum Gasteiger partial charge on any atom is 0.253 e. The van der Waals surface area contributed by atoms with Gasteiger partial charge < -0.3 is 10.6 Å². The Morgan fingerprint density at radius 3 is 2.30 bits per heavy atom. The number of hydrogen-bond acceptors (Lipinski definition) is 3. The second-order valence-electron chi connectivity index (χ2n) is 5.97. The number of carbonyl (C=O) groups is 2. The zero-order valence-corrected chi connectivity index (χ0v) is 16.1. The van der Waals surface area contributed by atoms with Crippen LogP contribution in [0.3, 0.4) is 0 Å². The van der Waals surface area contributed by atoms with Crippen LogP contribution >= 0.6 is 15.9 Å². The summed E-state index contributed by atoms with van der Waals surface area (Å²) in [6, 6.07) is 18.5. The molecule has 0 unspecified atom stereocenters. The normalized spacial score (nSPS) is 10.3. The molecular formula is C21H18BrN3O2. The van der Waals surface area contributed by atoms with Crippen molar-refractivity contribution in [2.45, 2.75) is 13.0 Å². The zero-order valence-electron chi connectivity index (χ0n) is 14.5. The van der Waals surface area contributed by atoms with Gasteiger partial charge in [0.2, 0.25) is 5.91 Å². The Bertz CT molecular complexity index is 910. The van der Waals surface area contributed by atoms with Gasteiger partial charge in [0.25, 0.3) is 5.91 Å². The number of pyridine rings is 1. The smallest absolute Gasteiger partial charge is 0.253 e. The highest BCUT2D eigenvalue weighted by Crippen LogP contribution is 2.13. The maximum atomic E-state index is 12.1. The molecule has 2 amide bonds. The van der Waals surface area contributed by atoms with Crippen LogP contribution < -0.4 is 10.6 Å². The monoisotopic (exact) mass is 423 g/mol. The highest BCUT2D eigenvalue weighted by Gasteiger charge is 2.06. The summed E-state index contributed by atoms with van der Waals surface area (Å²) in [6.07, 6.45) is 3.47. The molecule has 0 spiro atoms. The van der Waals surface area contributed by atoms with E-state index in [4.69, 9.17) is 0 Å². The van der Waals surface area contributed by atoms with Gasteiger partial charge in [0.15, 0.2) is 0 Å². The summed E-state index contributed by atoms with van der Waals surface area (Å²) >= 11 is 3.38. The van der Waals surface area contributed by atoms with Crippen LogP contribution in [0.5, 0.6) is 0 Å². The van der Waals surface area contributed by atoms with E-state index < -0.39 is 0 Å². The van der Waals surface area contributed by atoms with Crippen LogP contribution in [0.15, 0.2) is 77.5 Å². The van der Waals surface area contributed by atoms with Crippen molar-refractivity contribution >= 4 is 33.4 Å². The number of aromatic nitrogens is 1. The molecule has 3 aromatic rings. The maximum absolute atomic E-state index is 12.1. The molecule has 0 aliphatic heterocycles. The van der Waals surface area contributed by atoms with Gasteiger partial charge in [0.1, 0.15) is 0 Å². The van der Waals surface area contributed by atoms with Crippen molar-refractivity contribution in [3.05, 3.63) is 94.2 Å². The first kappa shape index (κ1) is 18.8. The highest BCUT2D eigenvalue weighted by molar-refractivity contribution is 9.10. The fourth-order valence-corrected chi connectivity index (χ4v) is 2.74. The Balaban J connectivity index is 1.50. The van der Waals surface area contributed by atoms with Crippen LogP contribution in [0.4, 0.5) is 5.69 Å². The quantitative estimate of drug-likeness (QED) is 0.630. The molecule has 136 valence electrons. The third-order valence-electron chi connectivity index (χ3n) is 3.89. The third kappa shape index (κ3) is 5.76. The first-order valence-electron chi connectivity index (χ1n) is 8.41. The summed E-state index contributed by atoms with van der Waals surface area (Å²) in [5.41, 5.74) is 3.14. The number of benzene rings is 2. The number of carbonyl (C=O) groups excluding carboxylic acids is 2. The van der Waals surface area contributed by atoms with Crippen LogP contribution in [0.1, 0.15) is 21.5 Å².